The molecule has 22 heavy (non-hydrogen) atoms. The van der Waals surface area contributed by atoms with Crippen molar-refractivity contribution in [3.05, 3.63) is 23.0 Å². The number of nitrogens with one attached hydrogen (secondary N) is 1. The van der Waals surface area contributed by atoms with Crippen LogP contribution in [-0.2, 0) is 19.1 Å². The van der Waals surface area contributed by atoms with Gasteiger partial charge in [-0.25, -0.2) is 9.59 Å². The molecule has 0 heterocycles. The summed E-state index contributed by atoms with van der Waals surface area (Å²) in [5, 5.41) is 11.9. The van der Waals surface area contributed by atoms with Gasteiger partial charge >= 0.3 is 11.9 Å². The summed E-state index contributed by atoms with van der Waals surface area (Å²) in [4.78, 5) is 23.6. The maximum absolute atomic E-state index is 11.9. The standard InChI is InChI=1S/C15H23N3O4/c1-4-7-8-18-13(17)12(15(20)22-6-3)9-11(10-16)14(19)21-5-2/h9,18H,4-8,17H2,1-3H3/b11-9+,13-12-. The molecule has 0 aromatic rings. The number of hydrogen-bond acceptors (Lipinski definition) is 7. The van der Waals surface area contributed by atoms with Gasteiger partial charge in [-0.15, -0.1) is 0 Å². The van der Waals surface area contributed by atoms with Gasteiger partial charge in [0.05, 0.1) is 13.2 Å². The molecular weight excluding hydrogens is 286 g/mol. The van der Waals surface area contributed by atoms with Crippen molar-refractivity contribution in [2.75, 3.05) is 19.8 Å². The highest BCUT2D eigenvalue weighted by Gasteiger charge is 2.18. The molecule has 0 aromatic heterocycles. The van der Waals surface area contributed by atoms with Crippen molar-refractivity contribution in [1.82, 2.24) is 5.32 Å². The molecule has 0 atom stereocenters. The zero-order valence-corrected chi connectivity index (χ0v) is 13.3. The van der Waals surface area contributed by atoms with Gasteiger partial charge in [0, 0.05) is 6.54 Å². The number of nitrogens with two attached hydrogens (primary N) is 1. The molecule has 0 aromatic carbocycles. The third-order valence-electron chi connectivity index (χ3n) is 2.54. The summed E-state index contributed by atoms with van der Waals surface area (Å²) in [5.74, 6) is -1.46. The predicted octanol–water partition coefficient (Wildman–Crippen LogP) is 1.12. The lowest BCUT2D eigenvalue weighted by Gasteiger charge is -2.10. The highest BCUT2D eigenvalue weighted by Crippen LogP contribution is 2.09. The van der Waals surface area contributed by atoms with E-state index in [4.69, 9.17) is 20.5 Å². The van der Waals surface area contributed by atoms with Crippen molar-refractivity contribution < 1.29 is 19.1 Å². The Morgan fingerprint density at radius 1 is 1.18 bits per heavy atom. The number of carbonyl (C=O) groups is 2. The van der Waals surface area contributed by atoms with Crippen LogP contribution < -0.4 is 11.1 Å². The molecule has 0 bridgehead atoms. The summed E-state index contributed by atoms with van der Waals surface area (Å²) in [6.45, 7) is 6.13. The lowest BCUT2D eigenvalue weighted by molar-refractivity contribution is -0.138. The molecular formula is C15H23N3O4. The Morgan fingerprint density at radius 2 is 1.77 bits per heavy atom. The first-order valence-corrected chi connectivity index (χ1v) is 7.21. The summed E-state index contributed by atoms with van der Waals surface area (Å²) >= 11 is 0. The Labute approximate surface area is 130 Å². The molecule has 0 saturated heterocycles. The van der Waals surface area contributed by atoms with Gasteiger partial charge in [0.25, 0.3) is 0 Å². The number of rotatable bonds is 9. The molecule has 7 heteroatoms. The van der Waals surface area contributed by atoms with Gasteiger partial charge in [-0.1, -0.05) is 13.3 Å². The van der Waals surface area contributed by atoms with Crippen LogP contribution in [0.3, 0.4) is 0 Å². The van der Waals surface area contributed by atoms with E-state index in [2.05, 4.69) is 5.32 Å². The number of ether oxygens (including phenoxy) is 2. The second kappa shape index (κ2) is 11.2. The van der Waals surface area contributed by atoms with E-state index in [-0.39, 0.29) is 30.2 Å². The van der Waals surface area contributed by atoms with Gasteiger partial charge in [0.15, 0.2) is 0 Å². The van der Waals surface area contributed by atoms with Crippen LogP contribution in [0.2, 0.25) is 0 Å². The Bertz CT molecular complexity index is 490. The molecule has 0 radical (unpaired) electrons. The molecule has 0 aliphatic carbocycles. The van der Waals surface area contributed by atoms with Crippen LogP contribution in [0.1, 0.15) is 33.6 Å². The van der Waals surface area contributed by atoms with E-state index >= 15 is 0 Å². The number of unbranched alkanes of at least 4 members (excludes halogenated alkanes) is 1. The van der Waals surface area contributed by atoms with Crippen LogP contribution >= 0.6 is 0 Å². The normalized spacial score (nSPS) is 12.0. The number of nitrogens with zero attached hydrogens (tertiary/aromatic N) is 1. The second-order valence-corrected chi connectivity index (χ2v) is 4.22. The molecule has 0 aliphatic heterocycles. The Kier molecular flexibility index (Phi) is 9.93. The van der Waals surface area contributed by atoms with Crippen LogP contribution in [0.5, 0.6) is 0 Å². The molecule has 0 unspecified atom stereocenters. The minimum absolute atomic E-state index is 0.0592. The van der Waals surface area contributed by atoms with Crippen molar-refractivity contribution in [3.63, 3.8) is 0 Å². The Hall–Kier alpha value is -2.49. The number of nitriles is 1. The first-order valence-electron chi connectivity index (χ1n) is 7.21. The van der Waals surface area contributed by atoms with Crippen LogP contribution in [0, 0.1) is 11.3 Å². The van der Waals surface area contributed by atoms with E-state index < -0.39 is 11.9 Å². The first-order chi connectivity index (χ1) is 10.5. The largest absolute Gasteiger partial charge is 0.462 e. The van der Waals surface area contributed by atoms with E-state index in [1.165, 1.54) is 0 Å². The minimum Gasteiger partial charge on any atom is -0.462 e. The second-order valence-electron chi connectivity index (χ2n) is 4.22. The highest BCUT2D eigenvalue weighted by atomic mass is 16.5. The average molecular weight is 309 g/mol. The third kappa shape index (κ3) is 6.79. The van der Waals surface area contributed by atoms with Crippen LogP contribution in [-0.4, -0.2) is 31.7 Å². The van der Waals surface area contributed by atoms with Crippen LogP contribution in [0.4, 0.5) is 0 Å². The maximum atomic E-state index is 11.9. The van der Waals surface area contributed by atoms with Gasteiger partial charge in [-0.2, -0.15) is 5.26 Å². The fourth-order valence-corrected chi connectivity index (χ4v) is 1.44. The van der Waals surface area contributed by atoms with Crippen molar-refractivity contribution in [3.8, 4) is 6.07 Å². The van der Waals surface area contributed by atoms with E-state index in [9.17, 15) is 9.59 Å². The topological polar surface area (TPSA) is 114 Å². The fraction of sp³-hybridized carbons (Fsp3) is 0.533. The summed E-state index contributed by atoms with van der Waals surface area (Å²) in [5.41, 5.74) is 5.45. The summed E-state index contributed by atoms with van der Waals surface area (Å²) in [6.07, 6.45) is 2.91. The lowest BCUT2D eigenvalue weighted by atomic mass is 10.1. The van der Waals surface area contributed by atoms with Gasteiger partial charge in [-0.3, -0.25) is 0 Å². The lowest BCUT2D eigenvalue weighted by Crippen LogP contribution is -2.26. The summed E-state index contributed by atoms with van der Waals surface area (Å²) in [7, 11) is 0. The van der Waals surface area contributed by atoms with E-state index in [1.807, 2.05) is 6.92 Å². The summed E-state index contributed by atoms with van der Waals surface area (Å²) < 4.78 is 9.64. The zero-order chi connectivity index (χ0) is 17.0. The predicted molar refractivity (Wildman–Crippen MR) is 81.1 cm³/mol. The summed E-state index contributed by atoms with van der Waals surface area (Å²) in [6, 6.07) is 1.70. The molecule has 3 N–H and O–H groups in total. The number of esters is 2. The minimum atomic E-state index is -0.812. The van der Waals surface area contributed by atoms with Crippen LogP contribution in [0.15, 0.2) is 23.0 Å². The maximum Gasteiger partial charge on any atom is 0.348 e. The zero-order valence-electron chi connectivity index (χ0n) is 13.3. The smallest absolute Gasteiger partial charge is 0.348 e. The van der Waals surface area contributed by atoms with E-state index in [1.54, 1.807) is 19.9 Å². The van der Waals surface area contributed by atoms with Crippen molar-refractivity contribution in [2.45, 2.75) is 33.6 Å². The Morgan fingerprint density at radius 3 is 2.27 bits per heavy atom. The van der Waals surface area contributed by atoms with E-state index in [0.717, 1.165) is 18.9 Å². The molecule has 0 aliphatic rings. The highest BCUT2D eigenvalue weighted by molar-refractivity contribution is 5.98. The Balaban J connectivity index is 5.47. The fourth-order valence-electron chi connectivity index (χ4n) is 1.44. The monoisotopic (exact) mass is 309 g/mol. The third-order valence-corrected chi connectivity index (χ3v) is 2.54. The van der Waals surface area contributed by atoms with Crippen molar-refractivity contribution in [2.24, 2.45) is 5.73 Å². The van der Waals surface area contributed by atoms with Crippen molar-refractivity contribution >= 4 is 11.9 Å². The van der Waals surface area contributed by atoms with Crippen LogP contribution in [0.25, 0.3) is 0 Å². The van der Waals surface area contributed by atoms with Crippen molar-refractivity contribution in [1.29, 1.82) is 5.26 Å². The number of carbonyl (C=O) groups excluding carboxylic acids is 2. The van der Waals surface area contributed by atoms with Gasteiger partial charge < -0.3 is 20.5 Å². The average Bonchev–Trinajstić information content (AvgIpc) is 2.48. The molecule has 0 saturated carbocycles. The molecule has 0 spiro atoms. The SMILES string of the molecule is CCCCN/C(N)=C(/C=C(\C#N)C(=O)OCC)C(=O)OCC. The molecule has 7 nitrogen and oxygen atoms in total. The van der Waals surface area contributed by atoms with E-state index in [0.29, 0.717) is 6.54 Å². The first kappa shape index (κ1) is 19.5. The molecule has 0 amide bonds. The molecule has 0 rings (SSSR count). The molecule has 122 valence electrons. The van der Waals surface area contributed by atoms with Gasteiger partial charge in [0.2, 0.25) is 0 Å². The quantitative estimate of drug-likeness (QED) is 0.216. The molecule has 0 fully saturated rings. The number of hydrogen-bond donors (Lipinski definition) is 2. The van der Waals surface area contributed by atoms with Gasteiger partial charge in [0.1, 0.15) is 23.0 Å². The van der Waals surface area contributed by atoms with Gasteiger partial charge in [-0.05, 0) is 26.3 Å².